The second-order valence-corrected chi connectivity index (χ2v) is 6.39. The second-order valence-electron chi connectivity index (χ2n) is 6.39. The Labute approximate surface area is 138 Å². The quantitative estimate of drug-likeness (QED) is 0.513. The minimum Gasteiger partial charge on any atom is -0.361 e. The normalized spacial score (nSPS) is 14.2. The van der Waals surface area contributed by atoms with Crippen molar-refractivity contribution < 1.29 is 4.39 Å². The third kappa shape index (κ3) is 1.96. The van der Waals surface area contributed by atoms with Gasteiger partial charge in [-0.2, -0.15) is 4.39 Å². The van der Waals surface area contributed by atoms with Crippen molar-refractivity contribution in [3.8, 4) is 11.3 Å². The van der Waals surface area contributed by atoms with E-state index in [1.807, 2.05) is 6.20 Å². The maximum Gasteiger partial charge on any atom is 0.212 e. The van der Waals surface area contributed by atoms with Gasteiger partial charge in [0.1, 0.15) is 0 Å². The molecule has 118 valence electrons. The van der Waals surface area contributed by atoms with Crippen LogP contribution < -0.4 is 0 Å². The molecule has 1 aliphatic rings. The summed E-state index contributed by atoms with van der Waals surface area (Å²) in [6, 6.07) is 9.47. The van der Waals surface area contributed by atoms with Crippen LogP contribution in [0, 0.1) is 5.95 Å². The van der Waals surface area contributed by atoms with Crippen LogP contribution in [-0.4, -0.2) is 15.0 Å². The molecule has 4 aromatic rings. The van der Waals surface area contributed by atoms with Crippen LogP contribution in [0.15, 0.2) is 42.7 Å². The molecular weight excluding hydrogens is 301 g/mol. The third-order valence-electron chi connectivity index (χ3n) is 5.00. The van der Waals surface area contributed by atoms with Gasteiger partial charge in [-0.15, -0.1) is 0 Å². The maximum atomic E-state index is 13.2. The number of rotatable bonds is 1. The molecule has 3 nitrogen and oxygen atoms in total. The molecule has 0 saturated carbocycles. The summed E-state index contributed by atoms with van der Waals surface area (Å²) in [7, 11) is 0. The Bertz CT molecular complexity index is 1060. The van der Waals surface area contributed by atoms with Crippen molar-refractivity contribution >= 4 is 21.8 Å². The predicted octanol–water partition coefficient (Wildman–Crippen LogP) is 4.80. The average molecular weight is 317 g/mol. The summed E-state index contributed by atoms with van der Waals surface area (Å²) < 4.78 is 13.2. The fourth-order valence-electron chi connectivity index (χ4n) is 3.92. The number of nitrogens with one attached hydrogen (secondary N) is 1. The Hall–Kier alpha value is -2.75. The van der Waals surface area contributed by atoms with Gasteiger partial charge < -0.3 is 4.98 Å². The summed E-state index contributed by atoms with van der Waals surface area (Å²) in [4.78, 5) is 12.0. The molecule has 5 rings (SSSR count). The van der Waals surface area contributed by atoms with E-state index < -0.39 is 5.95 Å². The summed E-state index contributed by atoms with van der Waals surface area (Å²) in [5, 5.41) is 2.50. The van der Waals surface area contributed by atoms with Crippen molar-refractivity contribution in [2.24, 2.45) is 0 Å². The summed E-state index contributed by atoms with van der Waals surface area (Å²) in [6.07, 6.45) is 8.04. The molecule has 4 heteroatoms. The van der Waals surface area contributed by atoms with Crippen molar-refractivity contribution in [3.05, 3.63) is 59.8 Å². The standard InChI is InChI=1S/C20H16FN3/c21-18-8-5-12(11-23-18)20-14-4-2-1-3-13(14)19-15-9-10-22-16(15)6-7-17(19)24-20/h5-11,22H,1-4H2. The van der Waals surface area contributed by atoms with Gasteiger partial charge in [0, 0.05) is 34.2 Å². The SMILES string of the molecule is Fc1ccc(-c2nc3ccc4[nH]ccc4c3c3c2CCCC3)cn1. The zero-order valence-corrected chi connectivity index (χ0v) is 13.1. The van der Waals surface area contributed by atoms with E-state index in [9.17, 15) is 4.39 Å². The molecule has 0 bridgehead atoms. The number of aromatic nitrogens is 3. The Balaban J connectivity index is 1.88. The van der Waals surface area contributed by atoms with Crippen molar-refractivity contribution in [2.45, 2.75) is 25.7 Å². The zero-order chi connectivity index (χ0) is 16.1. The molecule has 24 heavy (non-hydrogen) atoms. The number of pyridine rings is 2. The molecule has 0 atom stereocenters. The first-order valence-corrected chi connectivity index (χ1v) is 8.35. The molecule has 1 aliphatic carbocycles. The second kappa shape index (κ2) is 5.13. The van der Waals surface area contributed by atoms with E-state index in [-0.39, 0.29) is 0 Å². The van der Waals surface area contributed by atoms with Crippen molar-refractivity contribution in [1.82, 2.24) is 15.0 Å². The molecule has 3 aromatic heterocycles. The maximum absolute atomic E-state index is 13.2. The number of hydrogen-bond donors (Lipinski definition) is 1. The first-order valence-electron chi connectivity index (χ1n) is 8.35. The molecule has 0 fully saturated rings. The molecule has 1 N–H and O–H groups in total. The van der Waals surface area contributed by atoms with E-state index in [2.05, 4.69) is 28.2 Å². The van der Waals surface area contributed by atoms with Crippen LogP contribution in [0.1, 0.15) is 24.0 Å². The topological polar surface area (TPSA) is 41.6 Å². The fraction of sp³-hybridized carbons (Fsp3) is 0.200. The van der Waals surface area contributed by atoms with E-state index in [4.69, 9.17) is 4.98 Å². The van der Waals surface area contributed by atoms with Gasteiger partial charge in [0.2, 0.25) is 5.95 Å². The third-order valence-corrected chi connectivity index (χ3v) is 5.00. The molecule has 1 aromatic carbocycles. The first kappa shape index (κ1) is 13.7. The smallest absolute Gasteiger partial charge is 0.212 e. The molecule has 0 radical (unpaired) electrons. The summed E-state index contributed by atoms with van der Waals surface area (Å²) in [5.41, 5.74) is 6.70. The van der Waals surface area contributed by atoms with Crippen LogP contribution in [0.4, 0.5) is 4.39 Å². The van der Waals surface area contributed by atoms with Gasteiger partial charge in [0.25, 0.3) is 0 Å². The van der Waals surface area contributed by atoms with Crippen molar-refractivity contribution in [2.75, 3.05) is 0 Å². The van der Waals surface area contributed by atoms with Gasteiger partial charge >= 0.3 is 0 Å². The van der Waals surface area contributed by atoms with Crippen molar-refractivity contribution in [3.63, 3.8) is 0 Å². The molecular formula is C20H16FN3. The van der Waals surface area contributed by atoms with Crippen LogP contribution >= 0.6 is 0 Å². The Kier molecular flexibility index (Phi) is 2.92. The lowest BCUT2D eigenvalue weighted by molar-refractivity contribution is 0.584. The molecule has 0 spiro atoms. The monoisotopic (exact) mass is 317 g/mol. The van der Waals surface area contributed by atoms with E-state index in [0.29, 0.717) is 0 Å². The molecule has 0 unspecified atom stereocenters. The summed E-state index contributed by atoms with van der Waals surface area (Å²) >= 11 is 0. The lowest BCUT2D eigenvalue weighted by Gasteiger charge is -2.21. The molecule has 0 aliphatic heterocycles. The lowest BCUT2D eigenvalue weighted by Crippen LogP contribution is -2.08. The van der Waals surface area contributed by atoms with Crippen LogP contribution in [0.5, 0.6) is 0 Å². The van der Waals surface area contributed by atoms with E-state index >= 15 is 0 Å². The number of hydrogen-bond acceptors (Lipinski definition) is 2. The highest BCUT2D eigenvalue weighted by Gasteiger charge is 2.21. The molecule has 3 heterocycles. The van der Waals surface area contributed by atoms with Gasteiger partial charge in [0.05, 0.1) is 11.2 Å². The molecule has 0 saturated heterocycles. The van der Waals surface area contributed by atoms with Crippen LogP contribution in [0.2, 0.25) is 0 Å². The molecule has 0 amide bonds. The predicted molar refractivity (Wildman–Crippen MR) is 93.4 cm³/mol. The van der Waals surface area contributed by atoms with Crippen LogP contribution in [-0.2, 0) is 12.8 Å². The summed E-state index contributed by atoms with van der Waals surface area (Å²) in [6.45, 7) is 0. The number of aromatic amines is 1. The number of nitrogens with zero attached hydrogens (tertiary/aromatic N) is 2. The Morgan fingerprint density at radius 2 is 1.83 bits per heavy atom. The minimum absolute atomic E-state index is 0.456. The van der Waals surface area contributed by atoms with Gasteiger partial charge in [-0.3, -0.25) is 0 Å². The number of H-pyrrole nitrogens is 1. The van der Waals surface area contributed by atoms with Gasteiger partial charge in [0.15, 0.2) is 0 Å². The van der Waals surface area contributed by atoms with Crippen LogP contribution in [0.25, 0.3) is 33.1 Å². The number of halogens is 1. The highest BCUT2D eigenvalue weighted by Crippen LogP contribution is 2.37. The number of fused-ring (bicyclic) bond motifs is 5. The van der Waals surface area contributed by atoms with Gasteiger partial charge in [-0.1, -0.05) is 0 Å². The average Bonchev–Trinajstić information content (AvgIpc) is 3.10. The Morgan fingerprint density at radius 1 is 0.958 bits per heavy atom. The van der Waals surface area contributed by atoms with E-state index in [1.165, 1.54) is 40.8 Å². The van der Waals surface area contributed by atoms with E-state index in [0.717, 1.165) is 35.1 Å². The summed E-state index contributed by atoms with van der Waals surface area (Å²) in [5.74, 6) is -0.456. The van der Waals surface area contributed by atoms with E-state index in [1.54, 1.807) is 12.3 Å². The van der Waals surface area contributed by atoms with Crippen LogP contribution in [0.3, 0.4) is 0 Å². The highest BCUT2D eigenvalue weighted by atomic mass is 19.1. The van der Waals surface area contributed by atoms with Gasteiger partial charge in [-0.05, 0) is 67.1 Å². The lowest BCUT2D eigenvalue weighted by atomic mass is 9.85. The highest BCUT2D eigenvalue weighted by molar-refractivity contribution is 6.08. The van der Waals surface area contributed by atoms with Crippen molar-refractivity contribution in [1.29, 1.82) is 0 Å². The number of aryl methyl sites for hydroxylation is 1. The van der Waals surface area contributed by atoms with Gasteiger partial charge in [-0.25, -0.2) is 9.97 Å². The zero-order valence-electron chi connectivity index (χ0n) is 13.1. The fourth-order valence-corrected chi connectivity index (χ4v) is 3.92. The number of benzene rings is 1. The first-order chi connectivity index (χ1) is 11.8. The Morgan fingerprint density at radius 3 is 2.67 bits per heavy atom. The minimum atomic E-state index is -0.456. The largest absolute Gasteiger partial charge is 0.361 e.